The fourth-order valence-corrected chi connectivity index (χ4v) is 4.60. The van der Waals surface area contributed by atoms with E-state index in [0.717, 1.165) is 42.1 Å². The molecule has 3 amide bonds. The Kier molecular flexibility index (Phi) is 6.34. The number of aromatic amines is 1. The van der Waals surface area contributed by atoms with E-state index in [1.807, 2.05) is 30.5 Å². The molecule has 1 saturated carbocycles. The zero-order valence-electron chi connectivity index (χ0n) is 17.4. The molecule has 0 spiro atoms. The lowest BCUT2D eigenvalue weighted by molar-refractivity contribution is -0.149. The van der Waals surface area contributed by atoms with Gasteiger partial charge < -0.3 is 15.0 Å². The van der Waals surface area contributed by atoms with Gasteiger partial charge in [-0.15, -0.1) is 0 Å². The molecule has 8 nitrogen and oxygen atoms in total. The van der Waals surface area contributed by atoms with Gasteiger partial charge in [0, 0.05) is 30.2 Å². The van der Waals surface area contributed by atoms with E-state index in [9.17, 15) is 19.2 Å². The highest BCUT2D eigenvalue weighted by Crippen LogP contribution is 2.37. The van der Waals surface area contributed by atoms with E-state index in [-0.39, 0.29) is 49.1 Å². The van der Waals surface area contributed by atoms with Crippen molar-refractivity contribution in [2.24, 2.45) is 11.8 Å². The molecule has 1 saturated heterocycles. The number of carbonyl (C=O) groups excluding carboxylic acids is 4. The third-order valence-electron chi connectivity index (χ3n) is 6.23. The summed E-state index contributed by atoms with van der Waals surface area (Å²) in [4.78, 5) is 53.2. The minimum absolute atomic E-state index is 0.0195. The first kappa shape index (κ1) is 21.1. The Hall–Kier alpha value is -3.16. The number of rotatable bonds is 8. The van der Waals surface area contributed by atoms with E-state index in [0.29, 0.717) is 13.0 Å². The van der Waals surface area contributed by atoms with Crippen molar-refractivity contribution in [1.29, 1.82) is 0 Å². The van der Waals surface area contributed by atoms with Crippen LogP contribution in [0.15, 0.2) is 30.5 Å². The third-order valence-corrected chi connectivity index (χ3v) is 6.23. The molecule has 164 valence electrons. The first-order chi connectivity index (χ1) is 15.0. The highest BCUT2D eigenvalue weighted by molar-refractivity contribution is 6.05. The van der Waals surface area contributed by atoms with Gasteiger partial charge in [-0.2, -0.15) is 0 Å². The number of nitrogens with zero attached hydrogens (tertiary/aromatic N) is 1. The fourth-order valence-electron chi connectivity index (χ4n) is 4.60. The molecule has 2 aliphatic rings. The van der Waals surface area contributed by atoms with Crippen LogP contribution in [0.2, 0.25) is 0 Å². The van der Waals surface area contributed by atoms with Gasteiger partial charge in [0.15, 0.2) is 6.61 Å². The van der Waals surface area contributed by atoms with Crippen LogP contribution in [0.25, 0.3) is 10.9 Å². The SMILES string of the molecule is O=C(COC(=O)CCN1C(=O)[C@@H]2CCCC[C@H]2C1=O)NCCc1c[nH]c2ccccc12. The highest BCUT2D eigenvalue weighted by Gasteiger charge is 2.47. The molecule has 0 bridgehead atoms. The van der Waals surface area contributed by atoms with Gasteiger partial charge in [0.05, 0.1) is 18.3 Å². The molecule has 0 radical (unpaired) electrons. The molecule has 2 atom stereocenters. The predicted octanol–water partition coefficient (Wildman–Crippen LogP) is 1.94. The number of carbonyl (C=O) groups is 4. The number of fused-ring (bicyclic) bond motifs is 2. The Balaban J connectivity index is 1.16. The first-order valence-corrected chi connectivity index (χ1v) is 10.9. The van der Waals surface area contributed by atoms with Crippen LogP contribution in [0.1, 0.15) is 37.7 Å². The molecular weight excluding hydrogens is 398 g/mol. The van der Waals surface area contributed by atoms with Crippen LogP contribution < -0.4 is 5.32 Å². The summed E-state index contributed by atoms with van der Waals surface area (Å²) in [6, 6.07) is 7.94. The molecule has 2 heterocycles. The number of aromatic nitrogens is 1. The zero-order valence-corrected chi connectivity index (χ0v) is 17.4. The molecule has 1 aliphatic carbocycles. The molecule has 2 N–H and O–H groups in total. The van der Waals surface area contributed by atoms with E-state index in [1.165, 1.54) is 4.90 Å². The average Bonchev–Trinajstić information content (AvgIpc) is 3.30. The van der Waals surface area contributed by atoms with Crippen molar-refractivity contribution in [2.75, 3.05) is 19.7 Å². The van der Waals surface area contributed by atoms with Gasteiger partial charge in [0.25, 0.3) is 5.91 Å². The number of ether oxygens (including phenoxy) is 1. The quantitative estimate of drug-likeness (QED) is 0.496. The summed E-state index contributed by atoms with van der Waals surface area (Å²) in [5, 5.41) is 3.86. The van der Waals surface area contributed by atoms with Gasteiger partial charge in [0.1, 0.15) is 0 Å². The maximum Gasteiger partial charge on any atom is 0.308 e. The lowest BCUT2D eigenvalue weighted by atomic mass is 9.81. The topological polar surface area (TPSA) is 109 Å². The van der Waals surface area contributed by atoms with Crippen LogP contribution in [0.4, 0.5) is 0 Å². The average molecular weight is 425 g/mol. The van der Waals surface area contributed by atoms with Gasteiger partial charge >= 0.3 is 5.97 Å². The summed E-state index contributed by atoms with van der Waals surface area (Å²) in [5.41, 5.74) is 2.15. The number of hydrogen-bond acceptors (Lipinski definition) is 5. The van der Waals surface area contributed by atoms with Crippen LogP contribution >= 0.6 is 0 Å². The smallest absolute Gasteiger partial charge is 0.308 e. The van der Waals surface area contributed by atoms with Crippen molar-refractivity contribution in [2.45, 2.75) is 38.5 Å². The molecule has 4 rings (SSSR count). The lowest BCUT2D eigenvalue weighted by Crippen LogP contribution is -2.34. The Labute approximate surface area is 180 Å². The molecule has 1 aromatic heterocycles. The van der Waals surface area contributed by atoms with E-state index in [2.05, 4.69) is 10.3 Å². The van der Waals surface area contributed by atoms with Gasteiger partial charge in [-0.25, -0.2) is 0 Å². The lowest BCUT2D eigenvalue weighted by Gasteiger charge is -2.19. The number of likely N-dealkylation sites (tertiary alicyclic amines) is 1. The summed E-state index contributed by atoms with van der Waals surface area (Å²) in [6.07, 6.45) is 5.90. The van der Waals surface area contributed by atoms with Crippen molar-refractivity contribution in [3.8, 4) is 0 Å². The maximum atomic E-state index is 12.4. The Morgan fingerprint density at radius 2 is 1.81 bits per heavy atom. The second-order valence-corrected chi connectivity index (χ2v) is 8.20. The number of para-hydroxylation sites is 1. The van der Waals surface area contributed by atoms with Crippen molar-refractivity contribution >= 4 is 34.6 Å². The van der Waals surface area contributed by atoms with E-state index < -0.39 is 5.97 Å². The Morgan fingerprint density at radius 1 is 1.10 bits per heavy atom. The van der Waals surface area contributed by atoms with Crippen LogP contribution in [-0.2, 0) is 30.3 Å². The maximum absolute atomic E-state index is 12.4. The number of esters is 1. The van der Waals surface area contributed by atoms with Gasteiger partial charge in [-0.05, 0) is 30.9 Å². The first-order valence-electron chi connectivity index (χ1n) is 10.9. The Morgan fingerprint density at radius 3 is 2.55 bits per heavy atom. The fraction of sp³-hybridized carbons (Fsp3) is 0.478. The summed E-state index contributed by atoms with van der Waals surface area (Å²) < 4.78 is 5.00. The largest absolute Gasteiger partial charge is 0.456 e. The van der Waals surface area contributed by atoms with Gasteiger partial charge in [-0.3, -0.25) is 24.1 Å². The summed E-state index contributed by atoms with van der Waals surface area (Å²) >= 11 is 0. The minimum Gasteiger partial charge on any atom is -0.456 e. The summed E-state index contributed by atoms with van der Waals surface area (Å²) in [7, 11) is 0. The molecule has 31 heavy (non-hydrogen) atoms. The standard InChI is InChI=1S/C23H27N3O5/c27-20(24-11-9-15-13-25-19-8-4-3-5-16(15)19)14-31-21(28)10-12-26-22(29)17-6-1-2-7-18(17)23(26)30/h3-5,8,13,17-18,25H,1-2,6-7,9-12,14H2,(H,24,27)/t17-,18-/m1/s1. The van der Waals surface area contributed by atoms with Crippen LogP contribution in [0.3, 0.4) is 0 Å². The number of amides is 3. The monoisotopic (exact) mass is 425 g/mol. The second kappa shape index (κ2) is 9.32. The predicted molar refractivity (Wildman–Crippen MR) is 113 cm³/mol. The second-order valence-electron chi connectivity index (χ2n) is 8.20. The number of imide groups is 1. The number of hydrogen-bond donors (Lipinski definition) is 2. The molecular formula is C23H27N3O5. The third kappa shape index (κ3) is 4.62. The Bertz CT molecular complexity index is 974. The normalized spacial score (nSPS) is 20.7. The number of benzene rings is 1. The van der Waals surface area contributed by atoms with Crippen LogP contribution in [-0.4, -0.2) is 53.3 Å². The zero-order chi connectivity index (χ0) is 21.8. The molecule has 8 heteroatoms. The van der Waals surface area contributed by atoms with Gasteiger partial charge in [0.2, 0.25) is 11.8 Å². The highest BCUT2D eigenvalue weighted by atomic mass is 16.5. The molecule has 1 aliphatic heterocycles. The van der Waals surface area contributed by atoms with E-state index >= 15 is 0 Å². The summed E-state index contributed by atoms with van der Waals surface area (Å²) in [5.74, 6) is -1.76. The molecule has 0 unspecified atom stereocenters. The molecule has 2 aromatic rings. The van der Waals surface area contributed by atoms with Crippen molar-refractivity contribution in [3.05, 3.63) is 36.0 Å². The van der Waals surface area contributed by atoms with Crippen LogP contribution in [0.5, 0.6) is 0 Å². The summed E-state index contributed by atoms with van der Waals surface area (Å²) in [6.45, 7) is 0.0728. The van der Waals surface area contributed by atoms with E-state index in [1.54, 1.807) is 0 Å². The number of H-pyrrole nitrogens is 1. The number of nitrogens with one attached hydrogen (secondary N) is 2. The molecule has 2 fully saturated rings. The van der Waals surface area contributed by atoms with Crippen molar-refractivity contribution in [3.63, 3.8) is 0 Å². The van der Waals surface area contributed by atoms with Crippen LogP contribution in [0, 0.1) is 11.8 Å². The van der Waals surface area contributed by atoms with E-state index in [4.69, 9.17) is 4.74 Å². The van der Waals surface area contributed by atoms with Gasteiger partial charge in [-0.1, -0.05) is 31.0 Å². The van der Waals surface area contributed by atoms with Crippen molar-refractivity contribution < 1.29 is 23.9 Å². The minimum atomic E-state index is -0.595. The molecule has 1 aromatic carbocycles. The van der Waals surface area contributed by atoms with Crippen molar-refractivity contribution in [1.82, 2.24) is 15.2 Å².